The largest absolute Gasteiger partial charge is 0.467 e. The second kappa shape index (κ2) is 11.6. The molecule has 1 rings (SSSR count). The van der Waals surface area contributed by atoms with Crippen molar-refractivity contribution >= 4 is 18.0 Å². The molecule has 0 aliphatic carbocycles. The van der Waals surface area contributed by atoms with Crippen LogP contribution < -0.4 is 10.6 Å². The Bertz CT molecular complexity index is 700. The summed E-state index contributed by atoms with van der Waals surface area (Å²) in [6.07, 6.45) is -0.670. The van der Waals surface area contributed by atoms with Crippen LogP contribution in [0.2, 0.25) is 0 Å². The zero-order chi connectivity index (χ0) is 21.1. The first-order valence-electron chi connectivity index (χ1n) is 9.02. The Morgan fingerprint density at radius 1 is 1.07 bits per heavy atom. The van der Waals surface area contributed by atoms with Gasteiger partial charge >= 0.3 is 12.1 Å². The van der Waals surface area contributed by atoms with Gasteiger partial charge < -0.3 is 20.1 Å². The number of nitrogens with one attached hydrogen (secondary N) is 2. The average molecular weight is 389 g/mol. The third-order valence-electron chi connectivity index (χ3n) is 4.17. The number of esters is 1. The Morgan fingerprint density at radius 3 is 2.25 bits per heavy atom. The van der Waals surface area contributed by atoms with E-state index in [9.17, 15) is 14.4 Å². The van der Waals surface area contributed by atoms with Crippen LogP contribution in [0.5, 0.6) is 0 Å². The van der Waals surface area contributed by atoms with Crippen molar-refractivity contribution in [3.8, 4) is 6.07 Å². The molecule has 8 nitrogen and oxygen atoms in total. The van der Waals surface area contributed by atoms with E-state index in [1.54, 1.807) is 20.8 Å². The third-order valence-corrected chi connectivity index (χ3v) is 4.17. The first-order valence-corrected chi connectivity index (χ1v) is 9.02. The summed E-state index contributed by atoms with van der Waals surface area (Å²) in [5, 5.41) is 14.0. The second-order valence-electron chi connectivity index (χ2n) is 6.78. The molecule has 1 aromatic carbocycles. The normalized spacial score (nSPS) is 13.6. The Labute approximate surface area is 165 Å². The number of carbonyl (C=O) groups is 3. The van der Waals surface area contributed by atoms with E-state index in [2.05, 4.69) is 10.6 Å². The van der Waals surface area contributed by atoms with E-state index in [4.69, 9.17) is 14.7 Å². The second-order valence-corrected chi connectivity index (χ2v) is 6.78. The maximum atomic E-state index is 12.7. The number of amides is 2. The van der Waals surface area contributed by atoms with Gasteiger partial charge in [0.15, 0.2) is 0 Å². The van der Waals surface area contributed by atoms with Crippen LogP contribution in [0.15, 0.2) is 30.3 Å². The molecule has 2 N–H and O–H groups in total. The van der Waals surface area contributed by atoms with Crippen LogP contribution in [0.1, 0.15) is 32.8 Å². The van der Waals surface area contributed by atoms with E-state index in [1.165, 1.54) is 7.11 Å². The Morgan fingerprint density at radius 2 is 1.71 bits per heavy atom. The van der Waals surface area contributed by atoms with Crippen molar-refractivity contribution < 1.29 is 23.9 Å². The van der Waals surface area contributed by atoms with Crippen molar-refractivity contribution in [1.82, 2.24) is 10.6 Å². The highest BCUT2D eigenvalue weighted by molar-refractivity contribution is 5.90. The van der Waals surface area contributed by atoms with Gasteiger partial charge in [0, 0.05) is 12.3 Å². The van der Waals surface area contributed by atoms with Gasteiger partial charge in [-0.15, -0.1) is 0 Å². The number of benzene rings is 1. The summed E-state index contributed by atoms with van der Waals surface area (Å²) < 4.78 is 9.87. The lowest BCUT2D eigenvalue weighted by Gasteiger charge is -2.26. The number of nitrogens with zero attached hydrogens (tertiary/aromatic N) is 1. The van der Waals surface area contributed by atoms with Crippen molar-refractivity contribution in [3.05, 3.63) is 35.9 Å². The molecular formula is C20H27N3O5. The highest BCUT2D eigenvalue weighted by Crippen LogP contribution is 2.11. The number of hydrogen-bond acceptors (Lipinski definition) is 6. The molecule has 152 valence electrons. The molecule has 0 fully saturated rings. The third kappa shape index (κ3) is 7.27. The van der Waals surface area contributed by atoms with E-state index in [0.717, 1.165) is 5.56 Å². The smallest absolute Gasteiger partial charge is 0.408 e. The van der Waals surface area contributed by atoms with E-state index in [1.807, 2.05) is 36.4 Å². The maximum Gasteiger partial charge on any atom is 0.408 e. The molecule has 0 aliphatic heterocycles. The molecule has 8 heteroatoms. The van der Waals surface area contributed by atoms with Crippen molar-refractivity contribution in [1.29, 1.82) is 5.26 Å². The molecule has 28 heavy (non-hydrogen) atoms. The van der Waals surface area contributed by atoms with Gasteiger partial charge in [0.25, 0.3) is 0 Å². The topological polar surface area (TPSA) is 118 Å². The number of carbonyl (C=O) groups excluding carboxylic acids is 3. The van der Waals surface area contributed by atoms with Gasteiger partial charge in [0.1, 0.15) is 18.7 Å². The fraction of sp³-hybridized carbons (Fsp3) is 0.500. The minimum absolute atomic E-state index is 0.0684. The number of rotatable bonds is 9. The Hall–Kier alpha value is -3.08. The Balaban J connectivity index is 2.74. The van der Waals surface area contributed by atoms with Gasteiger partial charge in [0.05, 0.1) is 13.2 Å². The number of hydrogen-bond donors (Lipinski definition) is 2. The predicted molar refractivity (Wildman–Crippen MR) is 102 cm³/mol. The molecule has 0 spiro atoms. The fourth-order valence-corrected chi connectivity index (χ4v) is 2.49. The van der Waals surface area contributed by atoms with Gasteiger partial charge in [-0.2, -0.15) is 5.26 Å². The number of nitriles is 1. The summed E-state index contributed by atoms with van der Waals surface area (Å²) in [5.41, 5.74) is 0.819. The van der Waals surface area contributed by atoms with Crippen LogP contribution in [-0.4, -0.2) is 37.2 Å². The minimum atomic E-state index is -0.986. The summed E-state index contributed by atoms with van der Waals surface area (Å²) in [4.78, 5) is 36.7. The van der Waals surface area contributed by atoms with Crippen LogP contribution in [0.25, 0.3) is 0 Å². The molecule has 0 saturated carbocycles. The summed E-state index contributed by atoms with van der Waals surface area (Å²) in [6.45, 7) is 5.25. The van der Waals surface area contributed by atoms with Crippen LogP contribution in [0, 0.1) is 23.2 Å². The van der Waals surface area contributed by atoms with E-state index in [0.29, 0.717) is 0 Å². The van der Waals surface area contributed by atoms with Crippen LogP contribution in [0.4, 0.5) is 4.79 Å². The van der Waals surface area contributed by atoms with Gasteiger partial charge in [-0.3, -0.25) is 4.79 Å². The van der Waals surface area contributed by atoms with Crippen LogP contribution in [-0.2, 0) is 25.7 Å². The zero-order valence-electron chi connectivity index (χ0n) is 16.6. The lowest BCUT2D eigenvalue weighted by Crippen LogP contribution is -2.55. The van der Waals surface area contributed by atoms with Crippen molar-refractivity contribution in [2.75, 3.05) is 7.11 Å². The van der Waals surface area contributed by atoms with E-state index < -0.39 is 36.0 Å². The number of ether oxygens (including phenoxy) is 2. The molecule has 0 aromatic heterocycles. The number of methoxy groups -OCH3 is 1. The van der Waals surface area contributed by atoms with Crippen molar-refractivity contribution in [2.24, 2.45) is 11.8 Å². The highest BCUT2D eigenvalue weighted by atomic mass is 16.5. The molecule has 2 amide bonds. The SMILES string of the molecule is COC(=O)[C@H](NC(=O)[C@H](NC(=O)OCc1ccccc1)C(C)C)[C@@H](C)CC#N. The molecule has 0 aliphatic rings. The van der Waals surface area contributed by atoms with Gasteiger partial charge in [-0.1, -0.05) is 51.1 Å². The molecule has 0 radical (unpaired) electrons. The van der Waals surface area contributed by atoms with Gasteiger partial charge in [0.2, 0.25) is 5.91 Å². The van der Waals surface area contributed by atoms with Crippen LogP contribution in [0.3, 0.4) is 0 Å². The van der Waals surface area contributed by atoms with E-state index in [-0.39, 0.29) is 18.9 Å². The predicted octanol–water partition coefficient (Wildman–Crippen LogP) is 2.14. The summed E-state index contributed by atoms with van der Waals surface area (Å²) in [6, 6.07) is 9.22. The number of alkyl carbamates (subject to hydrolysis) is 1. The van der Waals surface area contributed by atoms with Crippen molar-refractivity contribution in [3.63, 3.8) is 0 Å². The van der Waals surface area contributed by atoms with Gasteiger partial charge in [-0.05, 0) is 11.5 Å². The molecule has 1 aromatic rings. The standard InChI is InChI=1S/C20H27N3O5/c1-13(2)16(23-20(26)28-12-15-8-6-5-7-9-15)18(24)22-17(19(25)27-4)14(3)10-11-21/h5-9,13-14,16-17H,10,12H2,1-4H3,(H,22,24)(H,23,26)/t14-,16+,17+/m0/s1. The molecular weight excluding hydrogens is 362 g/mol. The first-order chi connectivity index (χ1) is 13.3. The quantitative estimate of drug-likeness (QED) is 0.625. The molecule has 0 bridgehead atoms. The highest BCUT2D eigenvalue weighted by Gasteiger charge is 2.32. The molecule has 3 atom stereocenters. The van der Waals surface area contributed by atoms with E-state index >= 15 is 0 Å². The maximum absolute atomic E-state index is 12.7. The monoisotopic (exact) mass is 389 g/mol. The average Bonchev–Trinajstić information content (AvgIpc) is 2.68. The molecule has 0 heterocycles. The fourth-order valence-electron chi connectivity index (χ4n) is 2.49. The van der Waals surface area contributed by atoms with Crippen molar-refractivity contribution in [2.45, 2.75) is 45.9 Å². The Kier molecular flexibility index (Phi) is 9.51. The van der Waals surface area contributed by atoms with Gasteiger partial charge in [-0.25, -0.2) is 9.59 Å². The molecule has 0 saturated heterocycles. The zero-order valence-corrected chi connectivity index (χ0v) is 16.6. The minimum Gasteiger partial charge on any atom is -0.467 e. The first kappa shape index (κ1) is 23.0. The summed E-state index contributed by atoms with van der Waals surface area (Å²) >= 11 is 0. The summed E-state index contributed by atoms with van der Waals surface area (Å²) in [7, 11) is 1.21. The van der Waals surface area contributed by atoms with Crippen LogP contribution >= 0.6 is 0 Å². The molecule has 0 unspecified atom stereocenters. The lowest BCUT2D eigenvalue weighted by atomic mass is 9.97. The lowest BCUT2D eigenvalue weighted by molar-refractivity contribution is -0.146. The summed E-state index contributed by atoms with van der Waals surface area (Å²) in [5.74, 6) is -1.90.